The molecule has 1 aromatic heterocycles. The lowest BCUT2D eigenvalue weighted by atomic mass is 10.1. The Bertz CT molecular complexity index is 791. The zero-order valence-electron chi connectivity index (χ0n) is 11.2. The third kappa shape index (κ3) is 2.30. The summed E-state index contributed by atoms with van der Waals surface area (Å²) >= 11 is 0. The van der Waals surface area contributed by atoms with E-state index in [1.165, 1.54) is 0 Å². The molecule has 20 heavy (non-hydrogen) atoms. The summed E-state index contributed by atoms with van der Waals surface area (Å²) in [6, 6.07) is 16.7. The van der Waals surface area contributed by atoms with Crippen molar-refractivity contribution >= 4 is 10.9 Å². The second-order valence-electron chi connectivity index (χ2n) is 4.61. The van der Waals surface area contributed by atoms with Crippen LogP contribution in [0.15, 0.2) is 59.4 Å². The fourth-order valence-corrected chi connectivity index (χ4v) is 2.19. The minimum atomic E-state index is 0.0223. The Hall–Kier alpha value is -2.55. The van der Waals surface area contributed by atoms with Crippen LogP contribution in [-0.4, -0.2) is 4.98 Å². The zero-order chi connectivity index (χ0) is 13.9. The quantitative estimate of drug-likeness (QED) is 0.780. The van der Waals surface area contributed by atoms with Gasteiger partial charge in [0.2, 0.25) is 0 Å². The van der Waals surface area contributed by atoms with Gasteiger partial charge >= 0.3 is 0 Å². The molecule has 0 aliphatic heterocycles. The molecular weight excluding hydrogens is 250 g/mol. The van der Waals surface area contributed by atoms with E-state index < -0.39 is 0 Å². The van der Waals surface area contributed by atoms with Gasteiger partial charge in [0.05, 0.1) is 5.52 Å². The third-order valence-corrected chi connectivity index (χ3v) is 3.23. The average Bonchev–Trinajstić information content (AvgIpc) is 2.49. The normalized spacial score (nSPS) is 10.7. The molecule has 0 spiro atoms. The second-order valence-corrected chi connectivity index (χ2v) is 4.61. The fourth-order valence-electron chi connectivity index (χ4n) is 2.19. The van der Waals surface area contributed by atoms with Gasteiger partial charge in [0.15, 0.2) is 11.2 Å². The van der Waals surface area contributed by atoms with Crippen LogP contribution < -0.4 is 10.2 Å². The Morgan fingerprint density at radius 3 is 2.60 bits per heavy atom. The minimum absolute atomic E-state index is 0.0223. The first-order valence-electron chi connectivity index (χ1n) is 6.66. The molecule has 3 aromatic rings. The Morgan fingerprint density at radius 2 is 1.85 bits per heavy atom. The van der Waals surface area contributed by atoms with Crippen LogP contribution in [0.3, 0.4) is 0 Å². The van der Waals surface area contributed by atoms with Gasteiger partial charge in [-0.15, -0.1) is 0 Å². The van der Waals surface area contributed by atoms with Crippen LogP contribution in [0.4, 0.5) is 0 Å². The molecule has 3 nitrogen and oxygen atoms in total. The van der Waals surface area contributed by atoms with Crippen LogP contribution in [0.2, 0.25) is 0 Å². The number of aryl methyl sites for hydroxylation is 1. The van der Waals surface area contributed by atoms with E-state index in [0.29, 0.717) is 11.1 Å². The lowest BCUT2D eigenvalue weighted by Gasteiger charge is -2.09. The number of hydrogen-bond donors (Lipinski definition) is 1. The van der Waals surface area contributed by atoms with E-state index in [4.69, 9.17) is 4.74 Å². The van der Waals surface area contributed by atoms with Crippen LogP contribution in [0.5, 0.6) is 11.5 Å². The van der Waals surface area contributed by atoms with Crippen molar-refractivity contribution in [2.24, 2.45) is 0 Å². The number of para-hydroxylation sites is 2. The van der Waals surface area contributed by atoms with E-state index in [0.717, 1.165) is 23.4 Å². The predicted molar refractivity (Wildman–Crippen MR) is 80.5 cm³/mol. The van der Waals surface area contributed by atoms with Crippen molar-refractivity contribution in [1.82, 2.24) is 4.98 Å². The molecule has 3 rings (SSSR count). The van der Waals surface area contributed by atoms with Crippen molar-refractivity contribution in [3.8, 4) is 11.5 Å². The number of hydrogen-bond acceptors (Lipinski definition) is 2. The van der Waals surface area contributed by atoms with Crippen LogP contribution >= 0.6 is 0 Å². The van der Waals surface area contributed by atoms with Crippen molar-refractivity contribution in [2.75, 3.05) is 0 Å². The molecule has 1 N–H and O–H groups in total. The van der Waals surface area contributed by atoms with Gasteiger partial charge in [0.1, 0.15) is 5.75 Å². The van der Waals surface area contributed by atoms with E-state index in [1.54, 1.807) is 6.07 Å². The molecule has 1 heterocycles. The average molecular weight is 265 g/mol. The number of rotatable bonds is 3. The van der Waals surface area contributed by atoms with Crippen molar-refractivity contribution in [2.45, 2.75) is 13.3 Å². The molecule has 100 valence electrons. The number of aromatic nitrogens is 1. The first-order chi connectivity index (χ1) is 9.78. The Morgan fingerprint density at radius 1 is 1.05 bits per heavy atom. The second kappa shape index (κ2) is 5.21. The van der Waals surface area contributed by atoms with Crippen molar-refractivity contribution in [1.29, 1.82) is 0 Å². The van der Waals surface area contributed by atoms with Crippen LogP contribution in [0.25, 0.3) is 10.9 Å². The number of fused-ring (bicyclic) bond motifs is 1. The first-order valence-corrected chi connectivity index (χ1v) is 6.66. The van der Waals surface area contributed by atoms with Crippen molar-refractivity contribution in [3.63, 3.8) is 0 Å². The maximum atomic E-state index is 12.1. The molecule has 0 aliphatic rings. The summed E-state index contributed by atoms with van der Waals surface area (Å²) in [4.78, 5) is 15.4. The van der Waals surface area contributed by atoms with Gasteiger partial charge in [-0.05, 0) is 30.7 Å². The fraction of sp³-hybridized carbons (Fsp3) is 0.118. The zero-order valence-corrected chi connectivity index (χ0v) is 11.2. The molecule has 0 amide bonds. The maximum Gasteiger partial charge on any atom is 0.189 e. The van der Waals surface area contributed by atoms with Gasteiger partial charge in [0.25, 0.3) is 0 Å². The SMILES string of the molecule is CCc1cc(=O)c2cccc(Oc3ccccc3)c2[nH]1. The standard InChI is InChI=1S/C17H15NO2/c1-2-12-11-15(19)14-9-6-10-16(17(14)18-12)20-13-7-4-3-5-8-13/h3-11H,2H2,1H3,(H,18,19). The van der Waals surface area contributed by atoms with Gasteiger partial charge in [0, 0.05) is 17.1 Å². The summed E-state index contributed by atoms with van der Waals surface area (Å²) in [6.07, 6.45) is 0.783. The lowest BCUT2D eigenvalue weighted by Crippen LogP contribution is -2.05. The molecule has 3 heteroatoms. The maximum absolute atomic E-state index is 12.1. The van der Waals surface area contributed by atoms with E-state index in [2.05, 4.69) is 4.98 Å². The molecular formula is C17H15NO2. The van der Waals surface area contributed by atoms with Crippen LogP contribution in [0, 0.1) is 0 Å². The van der Waals surface area contributed by atoms with E-state index in [-0.39, 0.29) is 5.43 Å². The molecule has 0 saturated carbocycles. The number of ether oxygens (including phenoxy) is 1. The number of H-pyrrole nitrogens is 1. The summed E-state index contributed by atoms with van der Waals surface area (Å²) in [7, 11) is 0. The first kappa shape index (κ1) is 12.5. The highest BCUT2D eigenvalue weighted by Gasteiger charge is 2.07. The summed E-state index contributed by atoms with van der Waals surface area (Å²) in [6.45, 7) is 2.01. The van der Waals surface area contributed by atoms with E-state index in [9.17, 15) is 4.79 Å². The van der Waals surface area contributed by atoms with Crippen LogP contribution in [0.1, 0.15) is 12.6 Å². The molecule has 0 bridgehead atoms. The van der Waals surface area contributed by atoms with Crippen molar-refractivity contribution in [3.05, 3.63) is 70.5 Å². The largest absolute Gasteiger partial charge is 0.455 e. The van der Waals surface area contributed by atoms with Gasteiger partial charge in [-0.3, -0.25) is 4.79 Å². The van der Waals surface area contributed by atoms with Gasteiger partial charge in [-0.25, -0.2) is 0 Å². The highest BCUT2D eigenvalue weighted by molar-refractivity contribution is 5.84. The van der Waals surface area contributed by atoms with E-state index in [1.807, 2.05) is 55.5 Å². The number of benzene rings is 2. The predicted octanol–water partition coefficient (Wildman–Crippen LogP) is 3.88. The Balaban J connectivity index is 2.16. The molecule has 0 atom stereocenters. The van der Waals surface area contributed by atoms with E-state index >= 15 is 0 Å². The lowest BCUT2D eigenvalue weighted by molar-refractivity contribution is 0.487. The van der Waals surface area contributed by atoms with Crippen molar-refractivity contribution < 1.29 is 4.74 Å². The third-order valence-electron chi connectivity index (χ3n) is 3.23. The number of aromatic amines is 1. The van der Waals surface area contributed by atoms with Gasteiger partial charge in [-0.1, -0.05) is 31.2 Å². The molecule has 0 unspecified atom stereocenters. The number of pyridine rings is 1. The summed E-state index contributed by atoms with van der Waals surface area (Å²) in [5, 5.41) is 0.649. The summed E-state index contributed by atoms with van der Waals surface area (Å²) < 4.78 is 5.88. The smallest absolute Gasteiger partial charge is 0.189 e. The topological polar surface area (TPSA) is 42.1 Å². The summed E-state index contributed by atoms with van der Waals surface area (Å²) in [5.74, 6) is 1.42. The number of nitrogens with one attached hydrogen (secondary N) is 1. The Labute approximate surface area is 116 Å². The molecule has 0 saturated heterocycles. The molecule has 2 aromatic carbocycles. The Kier molecular flexibility index (Phi) is 3.25. The summed E-state index contributed by atoms with van der Waals surface area (Å²) in [5.41, 5.74) is 1.68. The van der Waals surface area contributed by atoms with Gasteiger partial charge < -0.3 is 9.72 Å². The van der Waals surface area contributed by atoms with Gasteiger partial charge in [-0.2, -0.15) is 0 Å². The molecule has 0 aliphatic carbocycles. The highest BCUT2D eigenvalue weighted by Crippen LogP contribution is 2.27. The van der Waals surface area contributed by atoms with Crippen LogP contribution in [-0.2, 0) is 6.42 Å². The molecule has 0 radical (unpaired) electrons. The highest BCUT2D eigenvalue weighted by atomic mass is 16.5. The monoisotopic (exact) mass is 265 g/mol. The minimum Gasteiger partial charge on any atom is -0.455 e. The molecule has 0 fully saturated rings.